The predicted octanol–water partition coefficient (Wildman–Crippen LogP) is 3.28. The Hall–Kier alpha value is -2.44. The van der Waals surface area contributed by atoms with Crippen LogP contribution in [0, 0.1) is 6.92 Å². The van der Waals surface area contributed by atoms with E-state index >= 15 is 0 Å². The van der Waals surface area contributed by atoms with E-state index in [-0.39, 0.29) is 18.2 Å². The molecule has 6 heteroatoms. The highest BCUT2D eigenvalue weighted by atomic mass is 32.1. The highest BCUT2D eigenvalue weighted by Gasteiger charge is 2.17. The molecule has 1 N–H and O–H groups in total. The molecule has 0 aliphatic heterocycles. The average Bonchev–Trinajstić information content (AvgIpc) is 3.01. The summed E-state index contributed by atoms with van der Waals surface area (Å²) < 4.78 is 10.6. The first-order chi connectivity index (χ1) is 11.6. The van der Waals surface area contributed by atoms with Crippen molar-refractivity contribution in [3.63, 3.8) is 0 Å². The minimum Gasteiger partial charge on any atom is -0.422 e. The molecule has 1 amide bonds. The van der Waals surface area contributed by atoms with Gasteiger partial charge in [0.15, 0.2) is 0 Å². The lowest BCUT2D eigenvalue weighted by Gasteiger charge is -2.14. The van der Waals surface area contributed by atoms with E-state index in [1.165, 1.54) is 4.88 Å². The Morgan fingerprint density at radius 3 is 2.79 bits per heavy atom. The molecule has 0 aliphatic rings. The Morgan fingerprint density at radius 1 is 1.29 bits per heavy atom. The molecule has 2 heterocycles. The van der Waals surface area contributed by atoms with Gasteiger partial charge in [-0.05, 0) is 31.2 Å². The van der Waals surface area contributed by atoms with Gasteiger partial charge >= 0.3 is 5.63 Å². The number of rotatable bonds is 5. The summed E-state index contributed by atoms with van der Waals surface area (Å²) in [6.07, 6.45) is -0.250. The molecule has 0 spiro atoms. The maximum absolute atomic E-state index is 12.3. The monoisotopic (exact) mass is 343 g/mol. The highest BCUT2D eigenvalue weighted by molar-refractivity contribution is 7.12. The van der Waals surface area contributed by atoms with E-state index < -0.39 is 11.5 Å². The van der Waals surface area contributed by atoms with Gasteiger partial charge in [0.05, 0.1) is 0 Å². The van der Waals surface area contributed by atoms with E-state index in [4.69, 9.17) is 9.15 Å². The van der Waals surface area contributed by atoms with Gasteiger partial charge in [-0.2, -0.15) is 0 Å². The molecule has 1 aromatic carbocycles. The summed E-state index contributed by atoms with van der Waals surface area (Å²) in [4.78, 5) is 26.6. The molecular formula is C18H17NO4S. The number of hydrogen-bond donors (Lipinski definition) is 1. The van der Waals surface area contributed by atoms with Gasteiger partial charge in [-0.1, -0.05) is 18.2 Å². The zero-order chi connectivity index (χ0) is 17.1. The molecule has 0 aliphatic carbocycles. The van der Waals surface area contributed by atoms with Crippen LogP contribution in [0.4, 0.5) is 0 Å². The molecule has 2 aromatic heterocycles. The van der Waals surface area contributed by atoms with Gasteiger partial charge in [-0.25, -0.2) is 4.79 Å². The summed E-state index contributed by atoms with van der Waals surface area (Å²) in [6.45, 7) is 2.29. The fourth-order valence-electron chi connectivity index (χ4n) is 2.43. The standard InChI is InChI=1S/C18H17NO4S/c1-11-7-8-16(24-11)15(22-2)10-19-17(20)13-9-12-5-3-4-6-14(12)23-18(13)21/h3-9,15H,10H2,1-2H3,(H,19,20). The average molecular weight is 343 g/mol. The van der Waals surface area contributed by atoms with Crippen LogP contribution in [0.2, 0.25) is 0 Å². The van der Waals surface area contributed by atoms with E-state index in [0.29, 0.717) is 11.0 Å². The molecule has 0 saturated heterocycles. The molecule has 0 fully saturated rings. The van der Waals surface area contributed by atoms with Crippen molar-refractivity contribution in [3.8, 4) is 0 Å². The van der Waals surface area contributed by atoms with Crippen LogP contribution in [-0.2, 0) is 4.74 Å². The molecule has 0 bridgehead atoms. The number of nitrogens with one attached hydrogen (secondary N) is 1. The van der Waals surface area contributed by atoms with Crippen molar-refractivity contribution in [1.29, 1.82) is 0 Å². The number of amides is 1. The van der Waals surface area contributed by atoms with E-state index in [1.807, 2.05) is 25.1 Å². The van der Waals surface area contributed by atoms with Crippen LogP contribution in [0.5, 0.6) is 0 Å². The number of para-hydroxylation sites is 1. The summed E-state index contributed by atoms with van der Waals surface area (Å²) >= 11 is 1.62. The summed E-state index contributed by atoms with van der Waals surface area (Å²) in [5, 5.41) is 3.45. The first-order valence-electron chi connectivity index (χ1n) is 7.48. The third kappa shape index (κ3) is 3.39. The number of hydrogen-bond acceptors (Lipinski definition) is 5. The summed E-state index contributed by atoms with van der Waals surface area (Å²) in [5.74, 6) is -0.468. The molecule has 24 heavy (non-hydrogen) atoms. The second-order valence-corrected chi connectivity index (χ2v) is 6.69. The second kappa shape index (κ2) is 6.98. The van der Waals surface area contributed by atoms with Crippen molar-refractivity contribution in [2.24, 2.45) is 0 Å². The zero-order valence-electron chi connectivity index (χ0n) is 13.4. The van der Waals surface area contributed by atoms with E-state index in [0.717, 1.165) is 4.88 Å². The molecule has 1 atom stereocenters. The Morgan fingerprint density at radius 2 is 2.08 bits per heavy atom. The van der Waals surface area contributed by atoms with Gasteiger partial charge in [0, 0.05) is 28.8 Å². The van der Waals surface area contributed by atoms with E-state index in [2.05, 4.69) is 5.32 Å². The Kier molecular flexibility index (Phi) is 4.78. The molecule has 124 valence electrons. The molecule has 0 saturated carbocycles. The number of benzene rings is 1. The van der Waals surface area contributed by atoms with Crippen molar-refractivity contribution >= 4 is 28.2 Å². The van der Waals surface area contributed by atoms with Crippen molar-refractivity contribution in [2.45, 2.75) is 13.0 Å². The first-order valence-corrected chi connectivity index (χ1v) is 8.30. The van der Waals surface area contributed by atoms with Crippen molar-refractivity contribution in [2.75, 3.05) is 13.7 Å². The van der Waals surface area contributed by atoms with Crippen LogP contribution in [-0.4, -0.2) is 19.6 Å². The number of carbonyl (C=O) groups is 1. The van der Waals surface area contributed by atoms with Gasteiger partial charge in [0.25, 0.3) is 5.91 Å². The molecule has 3 rings (SSSR count). The van der Waals surface area contributed by atoms with Crippen LogP contribution >= 0.6 is 11.3 Å². The van der Waals surface area contributed by atoms with Crippen LogP contribution in [0.1, 0.15) is 26.2 Å². The zero-order valence-corrected chi connectivity index (χ0v) is 14.2. The normalized spacial score (nSPS) is 12.2. The van der Waals surface area contributed by atoms with Gasteiger partial charge in [-0.3, -0.25) is 4.79 Å². The Labute approximate surface area is 142 Å². The fraction of sp³-hybridized carbons (Fsp3) is 0.222. The van der Waals surface area contributed by atoms with Gasteiger partial charge in [-0.15, -0.1) is 11.3 Å². The lowest BCUT2D eigenvalue weighted by atomic mass is 10.1. The predicted molar refractivity (Wildman–Crippen MR) is 93.6 cm³/mol. The summed E-state index contributed by atoms with van der Waals surface area (Å²) in [7, 11) is 1.59. The fourth-order valence-corrected chi connectivity index (χ4v) is 3.38. The smallest absolute Gasteiger partial charge is 0.349 e. The Bertz CT molecular complexity index is 928. The summed E-state index contributed by atoms with van der Waals surface area (Å²) in [6, 6.07) is 12.6. The van der Waals surface area contributed by atoms with Crippen molar-refractivity contribution in [1.82, 2.24) is 5.32 Å². The first kappa shape index (κ1) is 16.4. The molecule has 0 radical (unpaired) electrons. The largest absolute Gasteiger partial charge is 0.422 e. The third-order valence-electron chi connectivity index (χ3n) is 3.70. The SMILES string of the molecule is COC(CNC(=O)c1cc2ccccc2oc1=O)c1ccc(C)s1. The number of ether oxygens (including phenoxy) is 1. The second-order valence-electron chi connectivity index (χ2n) is 5.37. The maximum atomic E-state index is 12.3. The third-order valence-corrected chi connectivity index (χ3v) is 4.79. The number of thiophene rings is 1. The maximum Gasteiger partial charge on any atom is 0.349 e. The molecule has 3 aromatic rings. The number of methoxy groups -OCH3 is 1. The number of aryl methyl sites for hydroxylation is 1. The van der Waals surface area contributed by atoms with Crippen LogP contribution in [0.3, 0.4) is 0 Å². The quantitative estimate of drug-likeness (QED) is 0.722. The van der Waals surface area contributed by atoms with Gasteiger partial charge < -0.3 is 14.5 Å². The minimum absolute atomic E-state index is 0.00841. The van der Waals surface area contributed by atoms with Crippen LogP contribution in [0.15, 0.2) is 51.7 Å². The topological polar surface area (TPSA) is 68.5 Å². The lowest BCUT2D eigenvalue weighted by molar-refractivity contribution is 0.0835. The van der Waals surface area contributed by atoms with Gasteiger partial charge in [0.1, 0.15) is 17.3 Å². The summed E-state index contributed by atoms with van der Waals surface area (Å²) in [5.41, 5.74) is -0.194. The lowest BCUT2D eigenvalue weighted by Crippen LogP contribution is -2.32. The van der Waals surface area contributed by atoms with Gasteiger partial charge in [0.2, 0.25) is 0 Å². The van der Waals surface area contributed by atoms with Crippen molar-refractivity contribution < 1.29 is 13.9 Å². The molecule has 1 unspecified atom stereocenters. The van der Waals surface area contributed by atoms with Crippen LogP contribution in [0.25, 0.3) is 11.0 Å². The minimum atomic E-state index is -0.646. The van der Waals surface area contributed by atoms with Crippen molar-refractivity contribution in [3.05, 3.63) is 68.2 Å². The van der Waals surface area contributed by atoms with Crippen LogP contribution < -0.4 is 10.9 Å². The molecular weight excluding hydrogens is 326 g/mol. The molecule has 5 nitrogen and oxygen atoms in total. The Balaban J connectivity index is 1.77. The number of carbonyl (C=O) groups excluding carboxylic acids is 1. The van der Waals surface area contributed by atoms with E-state index in [9.17, 15) is 9.59 Å². The van der Waals surface area contributed by atoms with E-state index in [1.54, 1.807) is 42.7 Å². The highest BCUT2D eigenvalue weighted by Crippen LogP contribution is 2.24. The number of fused-ring (bicyclic) bond motifs is 1.